The first-order chi connectivity index (χ1) is 15.7. The standard InChI is InChI=1S/C25H37N5O2/c1-4-32-23-17-20(10-11-22(23)31-3)9-8-13-28-25(26-2)29-19-21-12-14-27-24(18-21)30-15-6-5-7-16-30/h10-12,14,17-18H,4-9,13,15-16,19H2,1-3H3,(H2,26,28,29). The van der Waals surface area contributed by atoms with E-state index in [1.54, 1.807) is 14.2 Å². The van der Waals surface area contributed by atoms with Crippen molar-refractivity contribution in [3.05, 3.63) is 47.7 Å². The molecule has 0 spiro atoms. The number of aryl methyl sites for hydroxylation is 1. The van der Waals surface area contributed by atoms with Crippen molar-refractivity contribution < 1.29 is 9.47 Å². The number of guanidine groups is 1. The van der Waals surface area contributed by atoms with Crippen LogP contribution in [-0.2, 0) is 13.0 Å². The molecule has 3 rings (SSSR count). The van der Waals surface area contributed by atoms with Gasteiger partial charge in [0.05, 0.1) is 13.7 Å². The van der Waals surface area contributed by atoms with Crippen LogP contribution in [0.25, 0.3) is 0 Å². The summed E-state index contributed by atoms with van der Waals surface area (Å²) in [5, 5.41) is 6.82. The molecule has 2 N–H and O–H groups in total. The molecule has 0 atom stereocenters. The normalized spacial score (nSPS) is 14.2. The molecule has 2 heterocycles. The third-order valence-electron chi connectivity index (χ3n) is 5.64. The summed E-state index contributed by atoms with van der Waals surface area (Å²) in [4.78, 5) is 11.3. The Kier molecular flexibility index (Phi) is 9.47. The molecule has 174 valence electrons. The van der Waals surface area contributed by atoms with Crippen molar-refractivity contribution in [2.45, 2.75) is 45.6 Å². The molecule has 0 aliphatic carbocycles. The summed E-state index contributed by atoms with van der Waals surface area (Å²) in [5.41, 5.74) is 2.45. The summed E-state index contributed by atoms with van der Waals surface area (Å²) in [6, 6.07) is 10.4. The molecule has 1 aliphatic heterocycles. The largest absolute Gasteiger partial charge is 0.493 e. The molecular weight excluding hydrogens is 402 g/mol. The second-order valence-electron chi connectivity index (χ2n) is 7.94. The zero-order chi connectivity index (χ0) is 22.6. The Morgan fingerprint density at radius 2 is 1.91 bits per heavy atom. The van der Waals surface area contributed by atoms with Gasteiger partial charge in [-0.05, 0) is 74.4 Å². The molecule has 0 bridgehead atoms. The fourth-order valence-electron chi connectivity index (χ4n) is 3.92. The molecule has 2 aromatic rings. The van der Waals surface area contributed by atoms with E-state index < -0.39 is 0 Å². The highest BCUT2D eigenvalue weighted by molar-refractivity contribution is 5.79. The van der Waals surface area contributed by atoms with Crippen molar-refractivity contribution in [2.75, 3.05) is 45.3 Å². The first-order valence-electron chi connectivity index (χ1n) is 11.7. The fourth-order valence-corrected chi connectivity index (χ4v) is 3.92. The van der Waals surface area contributed by atoms with Crippen molar-refractivity contribution in [2.24, 2.45) is 4.99 Å². The van der Waals surface area contributed by atoms with Crippen LogP contribution in [0.2, 0.25) is 0 Å². The number of piperidine rings is 1. The van der Waals surface area contributed by atoms with Gasteiger partial charge in [0.2, 0.25) is 0 Å². The van der Waals surface area contributed by atoms with E-state index in [0.717, 1.165) is 62.3 Å². The van der Waals surface area contributed by atoms with Gasteiger partial charge >= 0.3 is 0 Å². The van der Waals surface area contributed by atoms with Gasteiger partial charge in [0.15, 0.2) is 17.5 Å². The predicted molar refractivity (Wildman–Crippen MR) is 131 cm³/mol. The molecule has 32 heavy (non-hydrogen) atoms. The van der Waals surface area contributed by atoms with E-state index in [4.69, 9.17) is 9.47 Å². The van der Waals surface area contributed by atoms with Crippen LogP contribution in [0.15, 0.2) is 41.5 Å². The molecule has 1 saturated heterocycles. The van der Waals surface area contributed by atoms with Crippen LogP contribution >= 0.6 is 0 Å². The minimum absolute atomic E-state index is 0.625. The molecule has 7 nitrogen and oxygen atoms in total. The first-order valence-corrected chi connectivity index (χ1v) is 11.7. The quantitative estimate of drug-likeness (QED) is 0.334. The molecule has 7 heteroatoms. The molecule has 1 aromatic heterocycles. The third kappa shape index (κ3) is 7.04. The van der Waals surface area contributed by atoms with E-state index in [-0.39, 0.29) is 0 Å². The number of aromatic nitrogens is 1. The lowest BCUT2D eigenvalue weighted by Crippen LogP contribution is -2.37. The summed E-state index contributed by atoms with van der Waals surface area (Å²) in [5.74, 6) is 3.47. The first kappa shape index (κ1) is 23.7. The molecule has 1 fully saturated rings. The molecule has 0 saturated carbocycles. The summed E-state index contributed by atoms with van der Waals surface area (Å²) < 4.78 is 11.0. The number of pyridine rings is 1. The van der Waals surface area contributed by atoms with Crippen LogP contribution < -0.4 is 25.0 Å². The van der Waals surface area contributed by atoms with Gasteiger partial charge in [-0.1, -0.05) is 6.07 Å². The molecular formula is C25H37N5O2. The highest BCUT2D eigenvalue weighted by atomic mass is 16.5. The van der Waals surface area contributed by atoms with Gasteiger partial charge in [0, 0.05) is 39.4 Å². The number of anilines is 1. The molecule has 1 aliphatic rings. The van der Waals surface area contributed by atoms with E-state index in [9.17, 15) is 0 Å². The Bertz CT molecular complexity index is 865. The topological polar surface area (TPSA) is 71.0 Å². The third-order valence-corrected chi connectivity index (χ3v) is 5.64. The Balaban J connectivity index is 1.43. The fraction of sp³-hybridized carbons (Fsp3) is 0.520. The van der Waals surface area contributed by atoms with Crippen LogP contribution in [-0.4, -0.2) is 51.3 Å². The van der Waals surface area contributed by atoms with Crippen molar-refractivity contribution >= 4 is 11.8 Å². The Labute approximate surface area is 192 Å². The molecule has 1 aromatic carbocycles. The zero-order valence-corrected chi connectivity index (χ0v) is 19.7. The van der Waals surface area contributed by atoms with Crippen LogP contribution in [0.4, 0.5) is 5.82 Å². The maximum absolute atomic E-state index is 5.67. The number of nitrogens with zero attached hydrogens (tertiary/aromatic N) is 3. The lowest BCUT2D eigenvalue weighted by Gasteiger charge is -2.28. The van der Waals surface area contributed by atoms with Crippen LogP contribution in [0.1, 0.15) is 43.7 Å². The summed E-state index contributed by atoms with van der Waals surface area (Å²) in [6.45, 7) is 6.38. The van der Waals surface area contributed by atoms with E-state index in [1.807, 2.05) is 19.2 Å². The zero-order valence-electron chi connectivity index (χ0n) is 19.7. The molecule has 0 unspecified atom stereocenters. The highest BCUT2D eigenvalue weighted by Gasteiger charge is 2.12. The monoisotopic (exact) mass is 439 g/mol. The number of nitrogens with one attached hydrogen (secondary N) is 2. The van der Waals surface area contributed by atoms with Crippen molar-refractivity contribution in [1.82, 2.24) is 15.6 Å². The Hall–Kier alpha value is -2.96. The second-order valence-corrected chi connectivity index (χ2v) is 7.94. The number of methoxy groups -OCH3 is 1. The van der Waals surface area contributed by atoms with E-state index in [0.29, 0.717) is 6.61 Å². The van der Waals surface area contributed by atoms with Gasteiger partial charge in [-0.15, -0.1) is 0 Å². The van der Waals surface area contributed by atoms with Gasteiger partial charge in [0.1, 0.15) is 5.82 Å². The SMILES string of the molecule is CCOc1cc(CCCNC(=NC)NCc2ccnc(N3CCCCC3)c2)ccc1OC. The number of rotatable bonds is 10. The smallest absolute Gasteiger partial charge is 0.191 e. The predicted octanol–water partition coefficient (Wildman–Crippen LogP) is 3.78. The van der Waals surface area contributed by atoms with Gasteiger partial charge in [0.25, 0.3) is 0 Å². The summed E-state index contributed by atoms with van der Waals surface area (Å²) in [6.07, 6.45) is 7.69. The van der Waals surface area contributed by atoms with E-state index >= 15 is 0 Å². The van der Waals surface area contributed by atoms with Gasteiger partial charge < -0.3 is 25.0 Å². The van der Waals surface area contributed by atoms with Crippen molar-refractivity contribution in [3.63, 3.8) is 0 Å². The molecule has 0 radical (unpaired) electrons. The van der Waals surface area contributed by atoms with Gasteiger partial charge in [-0.2, -0.15) is 0 Å². The van der Waals surface area contributed by atoms with Crippen molar-refractivity contribution in [1.29, 1.82) is 0 Å². The van der Waals surface area contributed by atoms with Crippen LogP contribution in [0.3, 0.4) is 0 Å². The number of hydrogen-bond donors (Lipinski definition) is 2. The summed E-state index contributed by atoms with van der Waals surface area (Å²) >= 11 is 0. The number of aliphatic imine (C=N–C) groups is 1. The number of benzene rings is 1. The second kappa shape index (κ2) is 12.8. The Morgan fingerprint density at radius 1 is 1.06 bits per heavy atom. The Morgan fingerprint density at radius 3 is 2.66 bits per heavy atom. The average Bonchev–Trinajstić information content (AvgIpc) is 2.85. The van der Waals surface area contributed by atoms with E-state index in [1.165, 1.54) is 30.4 Å². The number of hydrogen-bond acceptors (Lipinski definition) is 5. The average molecular weight is 440 g/mol. The minimum Gasteiger partial charge on any atom is -0.493 e. The maximum atomic E-state index is 5.67. The lowest BCUT2D eigenvalue weighted by molar-refractivity contribution is 0.310. The summed E-state index contributed by atoms with van der Waals surface area (Å²) in [7, 11) is 3.47. The lowest BCUT2D eigenvalue weighted by atomic mass is 10.1. The minimum atomic E-state index is 0.625. The maximum Gasteiger partial charge on any atom is 0.191 e. The van der Waals surface area contributed by atoms with Crippen LogP contribution in [0.5, 0.6) is 11.5 Å². The number of ether oxygens (including phenoxy) is 2. The van der Waals surface area contributed by atoms with Gasteiger partial charge in [-0.25, -0.2) is 4.98 Å². The molecule has 0 amide bonds. The highest BCUT2D eigenvalue weighted by Crippen LogP contribution is 2.28. The van der Waals surface area contributed by atoms with E-state index in [2.05, 4.69) is 49.8 Å². The van der Waals surface area contributed by atoms with Crippen molar-refractivity contribution in [3.8, 4) is 11.5 Å². The van der Waals surface area contributed by atoms with Gasteiger partial charge in [-0.3, -0.25) is 4.99 Å². The van der Waals surface area contributed by atoms with Crippen LogP contribution in [0, 0.1) is 0 Å².